The smallest absolute Gasteiger partial charge is 0.335 e. The molecule has 0 fully saturated rings. The first-order valence-electron chi connectivity index (χ1n) is 8.83. The van der Waals surface area contributed by atoms with Crippen LogP contribution in [0.3, 0.4) is 0 Å². The highest BCUT2D eigenvalue weighted by molar-refractivity contribution is 7.99. The van der Waals surface area contributed by atoms with E-state index in [-0.39, 0.29) is 11.0 Å². The lowest BCUT2D eigenvalue weighted by Crippen LogP contribution is -2.23. The minimum Gasteiger partial charge on any atom is -0.478 e. The van der Waals surface area contributed by atoms with Gasteiger partial charge in [0.05, 0.1) is 5.56 Å². The van der Waals surface area contributed by atoms with Crippen molar-refractivity contribution in [1.29, 1.82) is 0 Å². The number of rotatable bonds is 4. The Kier molecular flexibility index (Phi) is 5.42. The van der Waals surface area contributed by atoms with Crippen LogP contribution in [0.1, 0.15) is 52.9 Å². The van der Waals surface area contributed by atoms with E-state index in [4.69, 9.17) is 5.11 Å². The molecule has 5 heteroatoms. The third-order valence-electron chi connectivity index (χ3n) is 5.03. The molecule has 2 N–H and O–H groups in total. The fourth-order valence-corrected chi connectivity index (χ4v) is 4.73. The van der Waals surface area contributed by atoms with Gasteiger partial charge in [-0.05, 0) is 71.5 Å². The molecule has 1 aliphatic heterocycles. The van der Waals surface area contributed by atoms with Crippen LogP contribution >= 0.6 is 11.8 Å². The first-order chi connectivity index (χ1) is 12.8. The second kappa shape index (κ2) is 7.61. The molecule has 0 aliphatic carbocycles. The maximum Gasteiger partial charge on any atom is 0.335 e. The van der Waals surface area contributed by atoms with Crippen molar-refractivity contribution in [3.8, 4) is 0 Å². The van der Waals surface area contributed by atoms with Gasteiger partial charge >= 0.3 is 5.97 Å². The largest absolute Gasteiger partial charge is 0.478 e. The molecule has 27 heavy (non-hydrogen) atoms. The standard InChI is InChI=1S/C22H23NO3S/c1-14-12-17(21(24)25)5-4-15(14)6-8-19(23-26)16-7-9-20-18(13-16)22(2,3)10-11-27-20/h4-9,12-13,26H,10-11H2,1-3H3,(H,24,25)/b8-6+,23-19+. The molecule has 0 amide bonds. The van der Waals surface area contributed by atoms with Crippen LogP contribution in [-0.2, 0) is 5.41 Å². The highest BCUT2D eigenvalue weighted by Crippen LogP contribution is 2.41. The number of carboxylic acid groups (broad SMARTS) is 1. The van der Waals surface area contributed by atoms with Gasteiger partial charge in [-0.15, -0.1) is 11.8 Å². The summed E-state index contributed by atoms with van der Waals surface area (Å²) >= 11 is 1.87. The van der Waals surface area contributed by atoms with Gasteiger partial charge in [0.1, 0.15) is 5.71 Å². The summed E-state index contributed by atoms with van der Waals surface area (Å²) in [4.78, 5) is 12.3. The van der Waals surface area contributed by atoms with Crippen molar-refractivity contribution >= 4 is 29.5 Å². The Balaban J connectivity index is 1.91. The van der Waals surface area contributed by atoms with E-state index in [0.29, 0.717) is 5.71 Å². The minimum absolute atomic E-state index is 0.101. The van der Waals surface area contributed by atoms with E-state index in [2.05, 4.69) is 31.1 Å². The average molecular weight is 381 g/mol. The first kappa shape index (κ1) is 19.2. The zero-order chi connectivity index (χ0) is 19.6. The van der Waals surface area contributed by atoms with Crippen molar-refractivity contribution in [2.75, 3.05) is 5.75 Å². The van der Waals surface area contributed by atoms with Gasteiger partial charge < -0.3 is 10.3 Å². The van der Waals surface area contributed by atoms with Gasteiger partial charge in [-0.3, -0.25) is 0 Å². The second-order valence-corrected chi connectivity index (χ2v) is 8.53. The number of benzene rings is 2. The summed E-state index contributed by atoms with van der Waals surface area (Å²) in [6.45, 7) is 6.35. The molecule has 4 nitrogen and oxygen atoms in total. The average Bonchev–Trinajstić information content (AvgIpc) is 2.63. The van der Waals surface area contributed by atoms with E-state index in [1.54, 1.807) is 24.3 Å². The summed E-state index contributed by atoms with van der Waals surface area (Å²) in [5, 5.41) is 22.1. The lowest BCUT2D eigenvalue weighted by Gasteiger charge is -2.32. The van der Waals surface area contributed by atoms with Crippen LogP contribution in [0.2, 0.25) is 0 Å². The summed E-state index contributed by atoms with van der Waals surface area (Å²) in [6, 6.07) is 11.2. The van der Waals surface area contributed by atoms with Crippen molar-refractivity contribution in [2.24, 2.45) is 5.16 Å². The van der Waals surface area contributed by atoms with E-state index in [1.165, 1.54) is 10.5 Å². The van der Waals surface area contributed by atoms with Gasteiger partial charge in [0.2, 0.25) is 0 Å². The van der Waals surface area contributed by atoms with Gasteiger partial charge in [-0.25, -0.2) is 4.79 Å². The Bertz CT molecular complexity index is 945. The van der Waals surface area contributed by atoms with Crippen molar-refractivity contribution in [3.63, 3.8) is 0 Å². The molecule has 2 aromatic rings. The molecular formula is C22H23NO3S. The molecule has 0 saturated heterocycles. The Morgan fingerprint density at radius 1 is 1.19 bits per heavy atom. The fourth-order valence-electron chi connectivity index (χ4n) is 3.25. The molecule has 0 radical (unpaired) electrons. The summed E-state index contributed by atoms with van der Waals surface area (Å²) in [5.74, 6) is 0.173. The number of oxime groups is 1. The maximum absolute atomic E-state index is 11.1. The third-order valence-corrected chi connectivity index (χ3v) is 6.11. The molecule has 2 aromatic carbocycles. The number of thioether (sulfide) groups is 1. The number of fused-ring (bicyclic) bond motifs is 1. The lowest BCUT2D eigenvalue weighted by atomic mass is 9.81. The van der Waals surface area contributed by atoms with E-state index in [9.17, 15) is 10.0 Å². The van der Waals surface area contributed by atoms with E-state index >= 15 is 0 Å². The highest BCUT2D eigenvalue weighted by atomic mass is 32.2. The topological polar surface area (TPSA) is 69.9 Å². The SMILES string of the molecule is Cc1cc(C(=O)O)ccc1/C=C/C(=N\O)c1ccc2c(c1)C(C)(C)CCS2. The van der Waals surface area contributed by atoms with Gasteiger partial charge in [0, 0.05) is 10.5 Å². The van der Waals surface area contributed by atoms with Crippen LogP contribution in [0.25, 0.3) is 6.08 Å². The van der Waals surface area contributed by atoms with Gasteiger partial charge in [0.25, 0.3) is 0 Å². The Hall–Kier alpha value is -2.53. The van der Waals surface area contributed by atoms with Crippen LogP contribution in [0.15, 0.2) is 52.5 Å². The predicted molar refractivity (Wildman–Crippen MR) is 110 cm³/mol. The molecule has 0 unspecified atom stereocenters. The number of carbonyl (C=O) groups is 1. The van der Waals surface area contributed by atoms with Crippen molar-refractivity contribution < 1.29 is 15.1 Å². The molecule has 0 spiro atoms. The maximum atomic E-state index is 11.1. The fraction of sp³-hybridized carbons (Fsp3) is 0.273. The van der Waals surface area contributed by atoms with E-state index in [0.717, 1.165) is 28.9 Å². The number of hydrogen-bond acceptors (Lipinski definition) is 4. The number of allylic oxidation sites excluding steroid dienone is 1. The molecule has 0 saturated carbocycles. The second-order valence-electron chi connectivity index (χ2n) is 7.39. The van der Waals surface area contributed by atoms with Crippen LogP contribution in [0.5, 0.6) is 0 Å². The molecule has 1 aliphatic rings. The summed E-state index contributed by atoms with van der Waals surface area (Å²) in [6.07, 6.45) is 4.72. The highest BCUT2D eigenvalue weighted by Gasteiger charge is 2.28. The van der Waals surface area contributed by atoms with Crippen molar-refractivity contribution in [3.05, 3.63) is 70.3 Å². The Morgan fingerprint density at radius 2 is 1.93 bits per heavy atom. The van der Waals surface area contributed by atoms with Crippen molar-refractivity contribution in [1.82, 2.24) is 0 Å². The molecule has 140 valence electrons. The lowest BCUT2D eigenvalue weighted by molar-refractivity contribution is 0.0697. The monoisotopic (exact) mass is 381 g/mol. The number of carboxylic acids is 1. The van der Waals surface area contributed by atoms with E-state index < -0.39 is 5.97 Å². The number of hydrogen-bond donors (Lipinski definition) is 2. The molecular weight excluding hydrogens is 358 g/mol. The summed E-state index contributed by atoms with van der Waals surface area (Å²) < 4.78 is 0. The number of nitrogens with zero attached hydrogens (tertiary/aromatic N) is 1. The quantitative estimate of drug-likeness (QED) is 0.425. The van der Waals surface area contributed by atoms with Gasteiger partial charge in [0.15, 0.2) is 0 Å². The molecule has 0 bridgehead atoms. The number of aryl methyl sites for hydroxylation is 1. The number of aromatic carboxylic acids is 1. The molecule has 0 atom stereocenters. The van der Waals surface area contributed by atoms with Gasteiger partial charge in [-0.1, -0.05) is 37.2 Å². The van der Waals surface area contributed by atoms with Gasteiger partial charge in [-0.2, -0.15) is 0 Å². The Morgan fingerprint density at radius 3 is 2.59 bits per heavy atom. The van der Waals surface area contributed by atoms with Crippen molar-refractivity contribution in [2.45, 2.75) is 37.5 Å². The predicted octanol–water partition coefficient (Wildman–Crippen LogP) is 5.36. The van der Waals surface area contributed by atoms with Crippen LogP contribution in [0, 0.1) is 6.92 Å². The first-order valence-corrected chi connectivity index (χ1v) is 9.82. The van der Waals surface area contributed by atoms with Crippen LogP contribution < -0.4 is 0 Å². The molecule has 3 rings (SSSR count). The Labute approximate surface area is 163 Å². The van der Waals surface area contributed by atoms with Crippen LogP contribution in [0.4, 0.5) is 0 Å². The normalized spacial score (nSPS) is 16.3. The minimum atomic E-state index is -0.944. The molecule has 1 heterocycles. The summed E-state index contributed by atoms with van der Waals surface area (Å²) in [7, 11) is 0. The van der Waals surface area contributed by atoms with Crippen LogP contribution in [-0.4, -0.2) is 27.7 Å². The van der Waals surface area contributed by atoms with E-state index in [1.807, 2.05) is 30.8 Å². The third kappa shape index (κ3) is 4.08. The molecule has 0 aromatic heterocycles. The zero-order valence-corrected chi connectivity index (χ0v) is 16.5. The zero-order valence-electron chi connectivity index (χ0n) is 15.7. The summed E-state index contributed by atoms with van der Waals surface area (Å²) in [5.41, 5.74) is 4.72.